The molecule has 1 aliphatic rings. The smallest absolute Gasteiger partial charge is 0.108 e. The van der Waals surface area contributed by atoms with E-state index in [-0.39, 0.29) is 6.04 Å². The molecule has 18 heavy (non-hydrogen) atoms. The zero-order valence-corrected chi connectivity index (χ0v) is 12.3. The van der Waals surface area contributed by atoms with Crippen molar-refractivity contribution in [3.05, 3.63) is 0 Å². The van der Waals surface area contributed by atoms with Gasteiger partial charge in [-0.3, -0.25) is 4.99 Å². The lowest BCUT2D eigenvalue weighted by Crippen LogP contribution is -2.25. The molecule has 104 valence electrons. The first kappa shape index (κ1) is 15.3. The number of rotatable bonds is 7. The van der Waals surface area contributed by atoms with Crippen LogP contribution < -0.4 is 0 Å². The van der Waals surface area contributed by atoms with Crippen molar-refractivity contribution in [2.24, 2.45) is 21.9 Å². The Hall–Kier alpha value is -0.730. The van der Waals surface area contributed by atoms with Crippen LogP contribution >= 0.6 is 0 Å². The lowest BCUT2D eigenvalue weighted by atomic mass is 9.89. The standard InChI is InChI=1S/C15H29N3/c1-4-13(5-2)9-10-14(18-16)15-12(3)8-6-7-11-17-15/h12-14,16H,4-11H2,1-3H3. The second-order valence-electron chi connectivity index (χ2n) is 5.61. The topological polar surface area (TPSA) is 48.6 Å². The molecule has 1 N–H and O–H groups in total. The predicted molar refractivity (Wildman–Crippen MR) is 77.6 cm³/mol. The van der Waals surface area contributed by atoms with Crippen molar-refractivity contribution < 1.29 is 0 Å². The first-order valence-electron chi connectivity index (χ1n) is 7.63. The highest BCUT2D eigenvalue weighted by Crippen LogP contribution is 2.23. The van der Waals surface area contributed by atoms with Crippen LogP contribution in [0.15, 0.2) is 10.1 Å². The summed E-state index contributed by atoms with van der Waals surface area (Å²) < 4.78 is 0. The molecule has 1 rings (SSSR count). The Morgan fingerprint density at radius 3 is 2.61 bits per heavy atom. The second kappa shape index (κ2) is 8.39. The van der Waals surface area contributed by atoms with Gasteiger partial charge in [0.15, 0.2) is 0 Å². The van der Waals surface area contributed by atoms with Crippen LogP contribution in [0, 0.1) is 17.4 Å². The van der Waals surface area contributed by atoms with Gasteiger partial charge in [-0.05, 0) is 37.5 Å². The Morgan fingerprint density at radius 2 is 2.00 bits per heavy atom. The highest BCUT2D eigenvalue weighted by molar-refractivity contribution is 5.91. The molecule has 0 spiro atoms. The maximum Gasteiger partial charge on any atom is 0.108 e. The quantitative estimate of drug-likeness (QED) is 0.628. The van der Waals surface area contributed by atoms with Gasteiger partial charge in [0.1, 0.15) is 6.04 Å². The predicted octanol–water partition coefficient (Wildman–Crippen LogP) is 4.86. The summed E-state index contributed by atoms with van der Waals surface area (Å²) in [7, 11) is 0. The van der Waals surface area contributed by atoms with E-state index in [1.807, 2.05) is 0 Å². The third kappa shape index (κ3) is 4.51. The van der Waals surface area contributed by atoms with Crippen molar-refractivity contribution in [1.82, 2.24) is 0 Å². The van der Waals surface area contributed by atoms with E-state index in [0.29, 0.717) is 5.92 Å². The van der Waals surface area contributed by atoms with Gasteiger partial charge < -0.3 is 0 Å². The Balaban J connectivity index is 2.58. The van der Waals surface area contributed by atoms with Crippen LogP contribution in [0.2, 0.25) is 0 Å². The molecule has 0 aromatic carbocycles. The molecule has 0 radical (unpaired) electrons. The summed E-state index contributed by atoms with van der Waals surface area (Å²) in [6.07, 6.45) is 8.36. The van der Waals surface area contributed by atoms with Gasteiger partial charge in [-0.2, -0.15) is 5.11 Å². The molecule has 3 nitrogen and oxygen atoms in total. The van der Waals surface area contributed by atoms with Crippen molar-refractivity contribution in [3.63, 3.8) is 0 Å². The van der Waals surface area contributed by atoms with Crippen molar-refractivity contribution in [3.8, 4) is 0 Å². The van der Waals surface area contributed by atoms with E-state index in [2.05, 4.69) is 25.9 Å². The van der Waals surface area contributed by atoms with Crippen LogP contribution in [-0.2, 0) is 0 Å². The van der Waals surface area contributed by atoms with Crippen LogP contribution in [0.4, 0.5) is 0 Å². The summed E-state index contributed by atoms with van der Waals surface area (Å²) in [5, 5.41) is 3.86. The molecule has 0 saturated heterocycles. The third-order valence-electron chi connectivity index (χ3n) is 4.34. The summed E-state index contributed by atoms with van der Waals surface area (Å²) >= 11 is 0. The zero-order chi connectivity index (χ0) is 13.4. The van der Waals surface area contributed by atoms with Gasteiger partial charge in [-0.15, -0.1) is 0 Å². The molecule has 2 atom stereocenters. The lowest BCUT2D eigenvalue weighted by molar-refractivity contribution is 0.428. The molecule has 0 amide bonds. The summed E-state index contributed by atoms with van der Waals surface area (Å²) in [5.74, 6) is 1.31. The van der Waals surface area contributed by atoms with Crippen LogP contribution in [0.25, 0.3) is 0 Å². The summed E-state index contributed by atoms with van der Waals surface area (Å²) in [5.41, 5.74) is 8.66. The first-order chi connectivity index (χ1) is 8.72. The molecule has 2 unspecified atom stereocenters. The van der Waals surface area contributed by atoms with Crippen molar-refractivity contribution in [2.75, 3.05) is 6.54 Å². The third-order valence-corrected chi connectivity index (χ3v) is 4.34. The average Bonchev–Trinajstić information content (AvgIpc) is 2.60. The molecule has 3 heteroatoms. The Bertz CT molecular complexity index is 269. The summed E-state index contributed by atoms with van der Waals surface area (Å²) in [6, 6.07) is 0.0544. The first-order valence-corrected chi connectivity index (χ1v) is 7.63. The molecule has 0 saturated carbocycles. The van der Waals surface area contributed by atoms with E-state index in [1.165, 1.54) is 44.2 Å². The van der Waals surface area contributed by atoms with Crippen LogP contribution in [-0.4, -0.2) is 18.3 Å². The molecule has 0 aromatic heterocycles. The Kier molecular flexibility index (Phi) is 7.14. The Morgan fingerprint density at radius 1 is 1.28 bits per heavy atom. The van der Waals surface area contributed by atoms with E-state index in [1.54, 1.807) is 0 Å². The van der Waals surface area contributed by atoms with Crippen molar-refractivity contribution >= 4 is 5.71 Å². The highest BCUT2D eigenvalue weighted by Gasteiger charge is 2.23. The molecule has 0 aliphatic carbocycles. The fraction of sp³-hybridized carbons (Fsp3) is 0.933. The van der Waals surface area contributed by atoms with Gasteiger partial charge in [0.2, 0.25) is 0 Å². The molecule has 0 fully saturated rings. The number of aliphatic imine (C=N–C) groups is 1. The van der Waals surface area contributed by atoms with Gasteiger partial charge in [0.05, 0.1) is 0 Å². The van der Waals surface area contributed by atoms with E-state index in [9.17, 15) is 0 Å². The van der Waals surface area contributed by atoms with Gasteiger partial charge in [-0.1, -0.05) is 40.0 Å². The molecular weight excluding hydrogens is 222 g/mol. The summed E-state index contributed by atoms with van der Waals surface area (Å²) in [4.78, 5) is 4.71. The molecule has 1 heterocycles. The lowest BCUT2D eigenvalue weighted by Gasteiger charge is -2.20. The monoisotopic (exact) mass is 251 g/mol. The second-order valence-corrected chi connectivity index (χ2v) is 5.61. The minimum Gasteiger partial charge on any atom is -0.292 e. The number of hydrogen-bond donors (Lipinski definition) is 1. The SMILES string of the molecule is CCC(CC)CCC(N=N)C1=NCCCCC1C. The molecule has 0 aromatic rings. The highest BCUT2D eigenvalue weighted by atomic mass is 15.0. The average molecular weight is 251 g/mol. The van der Waals surface area contributed by atoms with Gasteiger partial charge in [0.25, 0.3) is 0 Å². The fourth-order valence-corrected chi connectivity index (χ4v) is 2.88. The largest absolute Gasteiger partial charge is 0.292 e. The zero-order valence-electron chi connectivity index (χ0n) is 12.3. The van der Waals surface area contributed by atoms with Crippen molar-refractivity contribution in [2.45, 2.75) is 71.8 Å². The van der Waals surface area contributed by atoms with Crippen LogP contribution in [0.1, 0.15) is 65.7 Å². The maximum absolute atomic E-state index is 7.46. The van der Waals surface area contributed by atoms with Crippen LogP contribution in [0.5, 0.6) is 0 Å². The maximum atomic E-state index is 7.46. The number of nitrogens with one attached hydrogen (secondary N) is 1. The van der Waals surface area contributed by atoms with E-state index < -0.39 is 0 Å². The van der Waals surface area contributed by atoms with Crippen molar-refractivity contribution in [1.29, 1.82) is 5.53 Å². The summed E-state index contributed by atoms with van der Waals surface area (Å²) in [6.45, 7) is 7.70. The van der Waals surface area contributed by atoms with Gasteiger partial charge in [0, 0.05) is 12.3 Å². The van der Waals surface area contributed by atoms with Gasteiger partial charge in [-0.25, -0.2) is 5.53 Å². The van der Waals surface area contributed by atoms with E-state index >= 15 is 0 Å². The molecule has 1 aliphatic heterocycles. The fourth-order valence-electron chi connectivity index (χ4n) is 2.88. The molecular formula is C15H29N3. The van der Waals surface area contributed by atoms with E-state index in [0.717, 1.165) is 18.9 Å². The number of hydrogen-bond acceptors (Lipinski definition) is 3. The number of nitrogens with zero attached hydrogens (tertiary/aromatic N) is 2. The van der Waals surface area contributed by atoms with E-state index in [4.69, 9.17) is 10.5 Å². The van der Waals surface area contributed by atoms with Gasteiger partial charge >= 0.3 is 0 Å². The molecule has 0 bridgehead atoms. The minimum absolute atomic E-state index is 0.0544. The Labute approximate surface area is 112 Å². The minimum atomic E-state index is 0.0544. The normalized spacial score (nSPS) is 22.4. The van der Waals surface area contributed by atoms with Crippen LogP contribution in [0.3, 0.4) is 0 Å².